The molecule has 0 aromatic rings. The quantitative estimate of drug-likeness (QED) is 0.401. The number of rotatable bonds is 11. The van der Waals surface area contributed by atoms with E-state index in [2.05, 4.69) is 19.4 Å². The zero-order valence-corrected chi connectivity index (χ0v) is 14.6. The van der Waals surface area contributed by atoms with E-state index in [4.69, 9.17) is 9.11 Å². The van der Waals surface area contributed by atoms with Gasteiger partial charge in [-0.25, -0.2) is 0 Å². The average molecular weight is 324 g/mol. The highest BCUT2D eigenvalue weighted by Gasteiger charge is 2.15. The van der Waals surface area contributed by atoms with E-state index in [0.29, 0.717) is 13.0 Å². The lowest BCUT2D eigenvalue weighted by Gasteiger charge is -2.34. The van der Waals surface area contributed by atoms with Crippen LogP contribution in [0.25, 0.3) is 0 Å². The van der Waals surface area contributed by atoms with Crippen molar-refractivity contribution in [3.05, 3.63) is 0 Å². The molecule has 6 nitrogen and oxygen atoms in total. The van der Waals surface area contributed by atoms with Crippen LogP contribution < -0.4 is 5.32 Å². The van der Waals surface area contributed by atoms with Gasteiger partial charge in [-0.05, 0) is 19.3 Å². The van der Waals surface area contributed by atoms with Crippen LogP contribution in [0.2, 0.25) is 0 Å². The molecule has 1 atom stereocenters. The molecule has 0 aliphatic carbocycles. The number of amides is 1. The largest absolute Gasteiger partial charge is 0.773 e. The Balaban J connectivity index is 3.75. The fraction of sp³-hybridized carbons (Fsp3) is 0.929. The Morgan fingerprint density at radius 2 is 1.81 bits per heavy atom. The Morgan fingerprint density at radius 1 is 1.24 bits per heavy atom. The van der Waals surface area contributed by atoms with Crippen molar-refractivity contribution in [2.75, 3.05) is 39.5 Å². The summed E-state index contributed by atoms with van der Waals surface area (Å²) in [5.41, 5.74) is 0. The second kappa shape index (κ2) is 9.63. The third-order valence-electron chi connectivity index (χ3n) is 3.72. The van der Waals surface area contributed by atoms with Gasteiger partial charge in [0.1, 0.15) is 0 Å². The van der Waals surface area contributed by atoms with Gasteiger partial charge in [-0.1, -0.05) is 13.8 Å². The molecule has 128 valence electrons. The van der Waals surface area contributed by atoms with Crippen LogP contribution in [0, 0.1) is 5.92 Å². The van der Waals surface area contributed by atoms with E-state index >= 15 is 0 Å². The van der Waals surface area contributed by atoms with Gasteiger partial charge in [-0.15, -0.1) is 10.9 Å². The normalized spacial score (nSPS) is 14.8. The maximum Gasteiger partial charge on any atom is 0.222 e. The monoisotopic (exact) mass is 324 g/mol. The molecule has 0 aromatic carbocycles. The highest BCUT2D eigenvalue weighted by atomic mass is 32.3. The number of carbonyl (C=O) groups excluding carboxylic acids is 1. The highest BCUT2D eigenvalue weighted by Crippen LogP contribution is 2.33. The summed E-state index contributed by atoms with van der Waals surface area (Å²) in [5.74, 6) is 0.126. The van der Waals surface area contributed by atoms with Gasteiger partial charge in [0.05, 0.1) is 27.2 Å². The number of quaternary nitrogens is 1. The summed E-state index contributed by atoms with van der Waals surface area (Å²) in [5, 5.41) is 2.94. The van der Waals surface area contributed by atoms with E-state index in [9.17, 15) is 9.35 Å². The summed E-state index contributed by atoms with van der Waals surface area (Å²) in [6.45, 7) is 6.44. The SMILES string of the molecule is CCC(C)C(=O)NCCC[N+](C)(C)CCCCS([O-])(O)O. The van der Waals surface area contributed by atoms with Crippen LogP contribution in [0.4, 0.5) is 0 Å². The first-order valence-electron chi connectivity index (χ1n) is 7.64. The zero-order valence-electron chi connectivity index (χ0n) is 13.8. The van der Waals surface area contributed by atoms with Crippen molar-refractivity contribution in [2.45, 2.75) is 39.5 Å². The minimum absolute atomic E-state index is 0.0576. The minimum atomic E-state index is -3.59. The Labute approximate surface area is 130 Å². The van der Waals surface area contributed by atoms with E-state index < -0.39 is 10.9 Å². The molecule has 0 aliphatic heterocycles. The fourth-order valence-electron chi connectivity index (χ4n) is 2.02. The van der Waals surface area contributed by atoms with Crippen LogP contribution in [-0.4, -0.2) is 63.5 Å². The Hall–Kier alpha value is -0.340. The second-order valence-electron chi connectivity index (χ2n) is 6.35. The summed E-state index contributed by atoms with van der Waals surface area (Å²) in [6, 6.07) is 0. The molecule has 0 bridgehead atoms. The molecule has 7 heteroatoms. The fourth-order valence-corrected chi connectivity index (χ4v) is 2.60. The number of carbonyl (C=O) groups is 1. The molecular weight excluding hydrogens is 292 g/mol. The van der Waals surface area contributed by atoms with Crippen molar-refractivity contribution in [1.82, 2.24) is 5.32 Å². The van der Waals surface area contributed by atoms with Gasteiger partial charge in [0, 0.05) is 24.6 Å². The first kappa shape index (κ1) is 20.7. The number of hydrogen-bond donors (Lipinski definition) is 3. The molecule has 0 aliphatic rings. The Bertz CT molecular complexity index is 306. The summed E-state index contributed by atoms with van der Waals surface area (Å²) in [4.78, 5) is 11.6. The summed E-state index contributed by atoms with van der Waals surface area (Å²) in [6.07, 6.45) is 3.10. The third-order valence-corrected chi connectivity index (χ3v) is 4.54. The number of nitrogens with zero attached hydrogens (tertiary/aromatic N) is 1. The Kier molecular flexibility index (Phi) is 9.48. The number of nitrogens with one attached hydrogen (secondary N) is 1. The van der Waals surface area contributed by atoms with Crippen molar-refractivity contribution in [3.8, 4) is 0 Å². The molecule has 1 unspecified atom stereocenters. The maximum absolute atomic E-state index is 11.6. The van der Waals surface area contributed by atoms with E-state index in [0.717, 1.165) is 36.8 Å². The van der Waals surface area contributed by atoms with Gasteiger partial charge in [-0.2, -0.15) is 0 Å². The van der Waals surface area contributed by atoms with E-state index in [1.54, 1.807) is 0 Å². The lowest BCUT2D eigenvalue weighted by atomic mass is 10.1. The van der Waals surface area contributed by atoms with Crippen LogP contribution in [0.5, 0.6) is 0 Å². The smallest absolute Gasteiger partial charge is 0.222 e. The van der Waals surface area contributed by atoms with E-state index in [1.807, 2.05) is 13.8 Å². The molecule has 0 saturated carbocycles. The first-order chi connectivity index (χ1) is 9.57. The number of hydrogen-bond acceptors (Lipinski definition) is 4. The summed E-state index contributed by atoms with van der Waals surface area (Å²) < 4.78 is 29.1. The van der Waals surface area contributed by atoms with Crippen molar-refractivity contribution in [2.24, 2.45) is 5.92 Å². The van der Waals surface area contributed by atoms with E-state index in [-0.39, 0.29) is 17.6 Å². The standard InChI is InChI=1S/C14H32N2O4S/c1-5-13(2)14(17)15-9-8-11-16(3,4)10-6-7-12-21(18,19)20/h13H,5-12H2,1-4H3,(H3-,15,17,18,19,20). The van der Waals surface area contributed by atoms with Gasteiger partial charge in [0.2, 0.25) is 5.91 Å². The lowest BCUT2D eigenvalue weighted by Crippen LogP contribution is -2.42. The van der Waals surface area contributed by atoms with Crippen LogP contribution in [-0.2, 0) is 4.79 Å². The van der Waals surface area contributed by atoms with Crippen LogP contribution >= 0.6 is 10.9 Å². The Morgan fingerprint density at radius 3 is 2.33 bits per heavy atom. The molecular formula is C14H32N2O4S. The van der Waals surface area contributed by atoms with E-state index in [1.165, 1.54) is 0 Å². The predicted octanol–water partition coefficient (Wildman–Crippen LogP) is 2.28. The van der Waals surface area contributed by atoms with Crippen molar-refractivity contribution >= 4 is 16.8 Å². The number of unbranched alkanes of at least 4 members (excludes halogenated alkanes) is 1. The summed E-state index contributed by atoms with van der Waals surface area (Å²) >= 11 is 0. The van der Waals surface area contributed by atoms with Gasteiger partial charge in [0.25, 0.3) is 0 Å². The van der Waals surface area contributed by atoms with Crippen molar-refractivity contribution in [1.29, 1.82) is 0 Å². The summed E-state index contributed by atoms with van der Waals surface area (Å²) in [7, 11) is 0.618. The topological polar surface area (TPSA) is 92.6 Å². The molecule has 0 aromatic heterocycles. The second-order valence-corrected chi connectivity index (χ2v) is 7.98. The van der Waals surface area contributed by atoms with Crippen LogP contribution in [0.15, 0.2) is 0 Å². The molecule has 0 rings (SSSR count). The molecule has 0 radical (unpaired) electrons. The molecule has 3 N–H and O–H groups in total. The minimum Gasteiger partial charge on any atom is -0.773 e. The van der Waals surface area contributed by atoms with Crippen LogP contribution in [0.1, 0.15) is 39.5 Å². The zero-order chi connectivity index (χ0) is 16.5. The molecule has 21 heavy (non-hydrogen) atoms. The predicted molar refractivity (Wildman–Crippen MR) is 86.7 cm³/mol. The van der Waals surface area contributed by atoms with Crippen LogP contribution in [0.3, 0.4) is 0 Å². The highest BCUT2D eigenvalue weighted by molar-refractivity contribution is 8.19. The molecule has 0 fully saturated rings. The van der Waals surface area contributed by atoms with Crippen molar-refractivity contribution < 1.29 is 22.9 Å². The molecule has 0 spiro atoms. The van der Waals surface area contributed by atoms with Crippen molar-refractivity contribution in [3.63, 3.8) is 0 Å². The van der Waals surface area contributed by atoms with Gasteiger partial charge < -0.3 is 23.5 Å². The van der Waals surface area contributed by atoms with Gasteiger partial charge in [-0.3, -0.25) is 4.79 Å². The van der Waals surface area contributed by atoms with Gasteiger partial charge >= 0.3 is 0 Å². The van der Waals surface area contributed by atoms with Gasteiger partial charge in [0.15, 0.2) is 0 Å². The lowest BCUT2D eigenvalue weighted by molar-refractivity contribution is -0.890. The first-order valence-corrected chi connectivity index (χ1v) is 9.28. The maximum atomic E-state index is 11.6. The third kappa shape index (κ3) is 11.9. The molecule has 1 amide bonds. The average Bonchev–Trinajstić information content (AvgIpc) is 2.37. The molecule has 0 heterocycles. The molecule has 0 saturated heterocycles.